The van der Waals surface area contributed by atoms with Gasteiger partial charge < -0.3 is 11.1 Å². The number of nitrogen functional groups attached to an aromatic ring is 1. The molecule has 4 heterocycles. The number of hydrogen-bond donors (Lipinski definition) is 2. The molecular weight excluding hydrogens is 324 g/mol. The minimum Gasteiger partial charge on any atom is -0.383 e. The van der Waals surface area contributed by atoms with Crippen molar-refractivity contribution in [2.75, 3.05) is 5.73 Å². The Labute approximate surface area is 151 Å². The predicted octanol–water partition coefficient (Wildman–Crippen LogP) is 2.74. The van der Waals surface area contributed by atoms with Crippen molar-refractivity contribution in [2.24, 2.45) is 0 Å². The molecule has 2 bridgehead atoms. The van der Waals surface area contributed by atoms with Gasteiger partial charge in [0.25, 0.3) is 0 Å². The first kappa shape index (κ1) is 15.1. The van der Waals surface area contributed by atoms with Gasteiger partial charge in [0.2, 0.25) is 0 Å². The van der Waals surface area contributed by atoms with Crippen molar-refractivity contribution in [2.45, 2.75) is 31.3 Å². The Balaban J connectivity index is 1.71. The highest BCUT2D eigenvalue weighted by Gasteiger charge is 2.36. The molecule has 1 aromatic carbocycles. The Hall–Kier alpha value is -3.17. The molecule has 0 aliphatic carbocycles. The van der Waals surface area contributed by atoms with Crippen molar-refractivity contribution in [1.29, 1.82) is 5.26 Å². The van der Waals surface area contributed by atoms with Gasteiger partial charge in [-0.1, -0.05) is 18.2 Å². The third-order valence-corrected chi connectivity index (χ3v) is 5.37. The van der Waals surface area contributed by atoms with E-state index >= 15 is 0 Å². The molecule has 0 unspecified atom stereocenters. The summed E-state index contributed by atoms with van der Waals surface area (Å²) in [6.07, 6.45) is 6.83. The van der Waals surface area contributed by atoms with Crippen LogP contribution in [0.4, 0.5) is 5.82 Å². The van der Waals surface area contributed by atoms with Gasteiger partial charge in [-0.15, -0.1) is 0 Å². The van der Waals surface area contributed by atoms with E-state index in [1.807, 2.05) is 47.4 Å². The number of aromatic nitrogens is 3. The number of pyridine rings is 1. The zero-order chi connectivity index (χ0) is 17.7. The highest BCUT2D eigenvalue weighted by atomic mass is 15.3. The molecule has 1 saturated heterocycles. The second kappa shape index (κ2) is 5.68. The van der Waals surface area contributed by atoms with Gasteiger partial charge in [-0.25, -0.2) is 9.67 Å². The van der Waals surface area contributed by atoms with Crippen LogP contribution in [-0.4, -0.2) is 20.8 Å². The molecule has 6 heteroatoms. The van der Waals surface area contributed by atoms with E-state index in [2.05, 4.69) is 21.5 Å². The molecule has 0 spiro atoms. The first-order chi connectivity index (χ1) is 12.7. The number of nitriles is 1. The van der Waals surface area contributed by atoms with Gasteiger partial charge in [-0.2, -0.15) is 10.4 Å². The molecule has 2 aliphatic rings. The van der Waals surface area contributed by atoms with Crippen molar-refractivity contribution in [3.8, 4) is 22.9 Å². The highest BCUT2D eigenvalue weighted by Crippen LogP contribution is 2.43. The third-order valence-electron chi connectivity index (χ3n) is 5.37. The van der Waals surface area contributed by atoms with E-state index < -0.39 is 0 Å². The fourth-order valence-corrected chi connectivity index (χ4v) is 4.23. The van der Waals surface area contributed by atoms with E-state index in [-0.39, 0.29) is 6.04 Å². The minimum absolute atomic E-state index is 0.235. The minimum atomic E-state index is 0.235. The Morgan fingerprint density at radius 3 is 2.88 bits per heavy atom. The number of nitrogens with zero attached hydrogens (tertiary/aromatic N) is 4. The molecule has 128 valence electrons. The number of para-hydroxylation sites is 1. The molecule has 5 rings (SSSR count). The summed E-state index contributed by atoms with van der Waals surface area (Å²) in [5.41, 5.74) is 11.5. The number of anilines is 1. The number of hydrogen-bond acceptors (Lipinski definition) is 5. The summed E-state index contributed by atoms with van der Waals surface area (Å²) in [7, 11) is 0. The summed E-state index contributed by atoms with van der Waals surface area (Å²) < 4.78 is 1.83. The zero-order valence-corrected chi connectivity index (χ0v) is 14.2. The molecule has 1 fully saturated rings. The lowest BCUT2D eigenvalue weighted by atomic mass is 9.89. The Morgan fingerprint density at radius 2 is 2.08 bits per heavy atom. The molecule has 0 saturated carbocycles. The molecular formula is C20H18N6. The smallest absolute Gasteiger partial charge is 0.142 e. The second-order valence-electron chi connectivity index (χ2n) is 6.93. The Morgan fingerprint density at radius 1 is 1.23 bits per heavy atom. The molecule has 26 heavy (non-hydrogen) atoms. The lowest BCUT2D eigenvalue weighted by Gasteiger charge is -2.27. The van der Waals surface area contributed by atoms with Crippen molar-refractivity contribution in [3.63, 3.8) is 0 Å². The maximum atomic E-state index is 9.74. The standard InChI is InChI=1S/C20H18N6/c21-9-15-18(12-10-23-26(11-12)14-4-2-1-3-5-14)19-16-7-6-13(24-16)8-17(19)25-20(15)22/h1-5,10-11,13,16,24H,6-8H2,(H2,22,25)/t13-,16+/m0/s1. The number of rotatable bonds is 2. The largest absolute Gasteiger partial charge is 0.383 e. The van der Waals surface area contributed by atoms with E-state index in [1.165, 1.54) is 0 Å². The summed E-state index contributed by atoms with van der Waals surface area (Å²) in [4.78, 5) is 4.56. The van der Waals surface area contributed by atoms with Crippen LogP contribution in [0.25, 0.3) is 16.8 Å². The van der Waals surface area contributed by atoms with E-state index in [0.29, 0.717) is 17.4 Å². The second-order valence-corrected chi connectivity index (χ2v) is 6.93. The lowest BCUT2D eigenvalue weighted by Crippen LogP contribution is -2.33. The molecule has 0 amide bonds. The van der Waals surface area contributed by atoms with E-state index in [4.69, 9.17) is 5.73 Å². The summed E-state index contributed by atoms with van der Waals surface area (Å²) in [6, 6.07) is 12.9. The van der Waals surface area contributed by atoms with Crippen molar-refractivity contribution < 1.29 is 0 Å². The van der Waals surface area contributed by atoms with Crippen LogP contribution < -0.4 is 11.1 Å². The van der Waals surface area contributed by atoms with Crippen LogP contribution in [-0.2, 0) is 6.42 Å². The highest BCUT2D eigenvalue weighted by molar-refractivity contribution is 5.79. The van der Waals surface area contributed by atoms with Gasteiger partial charge in [0.05, 0.1) is 11.9 Å². The molecule has 2 atom stereocenters. The number of nitrogens with two attached hydrogens (primary N) is 1. The SMILES string of the molecule is N#Cc1c(N)nc2c(c1-c1cnn(-c3ccccc3)c1)[C@H]1CC[C@@H](C2)N1. The first-order valence-electron chi connectivity index (χ1n) is 8.83. The summed E-state index contributed by atoms with van der Waals surface area (Å²) >= 11 is 0. The maximum absolute atomic E-state index is 9.74. The average molecular weight is 342 g/mol. The van der Waals surface area contributed by atoms with E-state index in [9.17, 15) is 5.26 Å². The molecule has 6 nitrogen and oxygen atoms in total. The topological polar surface area (TPSA) is 92.6 Å². The van der Waals surface area contributed by atoms with Gasteiger partial charge in [-0.3, -0.25) is 0 Å². The number of fused-ring (bicyclic) bond motifs is 4. The Kier molecular flexibility index (Phi) is 3.30. The fraction of sp³-hybridized carbons (Fsp3) is 0.250. The van der Waals surface area contributed by atoms with E-state index in [0.717, 1.165) is 47.3 Å². The average Bonchev–Trinajstić information content (AvgIpc) is 3.29. The van der Waals surface area contributed by atoms with Crippen LogP contribution in [0.3, 0.4) is 0 Å². The quantitative estimate of drug-likeness (QED) is 0.747. The summed E-state index contributed by atoms with van der Waals surface area (Å²) in [5, 5.41) is 17.9. The van der Waals surface area contributed by atoms with Crippen LogP contribution in [0, 0.1) is 11.3 Å². The first-order valence-corrected chi connectivity index (χ1v) is 8.83. The Bertz CT molecular complexity index is 1030. The summed E-state index contributed by atoms with van der Waals surface area (Å²) in [6.45, 7) is 0. The lowest BCUT2D eigenvalue weighted by molar-refractivity contribution is 0.508. The van der Waals surface area contributed by atoms with Gasteiger partial charge in [0.1, 0.15) is 17.5 Å². The third kappa shape index (κ3) is 2.21. The van der Waals surface area contributed by atoms with Crippen molar-refractivity contribution >= 4 is 5.82 Å². The number of benzene rings is 1. The predicted molar refractivity (Wildman–Crippen MR) is 98.5 cm³/mol. The molecule has 3 aromatic rings. The fourth-order valence-electron chi connectivity index (χ4n) is 4.23. The number of nitrogens with one attached hydrogen (secondary N) is 1. The van der Waals surface area contributed by atoms with Crippen LogP contribution >= 0.6 is 0 Å². The molecule has 3 N–H and O–H groups in total. The van der Waals surface area contributed by atoms with Crippen LogP contribution in [0.5, 0.6) is 0 Å². The monoisotopic (exact) mass is 342 g/mol. The molecule has 2 aliphatic heterocycles. The van der Waals surface area contributed by atoms with Crippen LogP contribution in [0.15, 0.2) is 42.7 Å². The van der Waals surface area contributed by atoms with Crippen molar-refractivity contribution in [3.05, 3.63) is 59.5 Å². The zero-order valence-electron chi connectivity index (χ0n) is 14.2. The van der Waals surface area contributed by atoms with E-state index in [1.54, 1.807) is 0 Å². The molecule has 0 radical (unpaired) electrons. The van der Waals surface area contributed by atoms with Gasteiger partial charge >= 0.3 is 0 Å². The van der Waals surface area contributed by atoms with Crippen molar-refractivity contribution in [1.82, 2.24) is 20.1 Å². The van der Waals surface area contributed by atoms with Gasteiger partial charge in [0.15, 0.2) is 0 Å². The summed E-state index contributed by atoms with van der Waals surface area (Å²) in [5.74, 6) is 0.315. The molecule has 2 aromatic heterocycles. The van der Waals surface area contributed by atoms with Crippen LogP contribution in [0.1, 0.15) is 35.7 Å². The normalized spacial score (nSPS) is 20.6. The van der Waals surface area contributed by atoms with Gasteiger partial charge in [0, 0.05) is 47.1 Å². The van der Waals surface area contributed by atoms with Crippen LogP contribution in [0.2, 0.25) is 0 Å². The van der Waals surface area contributed by atoms with Gasteiger partial charge in [-0.05, 0) is 25.0 Å². The maximum Gasteiger partial charge on any atom is 0.142 e.